The van der Waals surface area contributed by atoms with Crippen molar-refractivity contribution in [2.24, 2.45) is 0 Å². The Bertz CT molecular complexity index is 1180. The lowest BCUT2D eigenvalue weighted by Gasteiger charge is -2.34. The highest BCUT2D eigenvalue weighted by atomic mass is 35.5. The van der Waals surface area contributed by atoms with Gasteiger partial charge in [-0.05, 0) is 54.3 Å². The molecule has 1 saturated heterocycles. The topological polar surface area (TPSA) is 65.8 Å². The van der Waals surface area contributed by atoms with Gasteiger partial charge in [-0.1, -0.05) is 30.7 Å². The minimum atomic E-state index is -0.316. The van der Waals surface area contributed by atoms with Crippen molar-refractivity contribution in [3.8, 4) is 0 Å². The summed E-state index contributed by atoms with van der Waals surface area (Å²) in [4.78, 5) is 29.0. The third kappa shape index (κ3) is 5.21. The number of hydrogen-bond donors (Lipinski definition) is 1. The van der Waals surface area contributed by atoms with Crippen LogP contribution >= 0.6 is 11.6 Å². The molecule has 3 aromatic rings. The molecule has 1 aliphatic rings. The first-order valence-corrected chi connectivity index (χ1v) is 11.4. The zero-order chi connectivity index (χ0) is 22.7. The molecule has 168 valence electrons. The molecule has 0 unspecified atom stereocenters. The molecule has 0 atom stereocenters. The average molecular weight is 454 g/mol. The second kappa shape index (κ2) is 9.86. The van der Waals surface area contributed by atoms with Crippen molar-refractivity contribution in [3.63, 3.8) is 0 Å². The Morgan fingerprint density at radius 1 is 1.09 bits per heavy atom. The second-order valence-electron chi connectivity index (χ2n) is 8.29. The first-order valence-electron chi connectivity index (χ1n) is 11.0. The Morgan fingerprint density at radius 3 is 2.59 bits per heavy atom. The van der Waals surface area contributed by atoms with Crippen LogP contribution in [0.5, 0.6) is 0 Å². The Morgan fingerprint density at radius 2 is 1.84 bits per heavy atom. The molecule has 0 spiro atoms. The Balaban J connectivity index is 1.36. The highest BCUT2D eigenvalue weighted by Gasteiger charge is 2.20. The van der Waals surface area contributed by atoms with Crippen LogP contribution in [-0.4, -0.2) is 48.4 Å². The summed E-state index contributed by atoms with van der Waals surface area (Å²) in [6.07, 6.45) is 0.934. The predicted molar refractivity (Wildman–Crippen MR) is 128 cm³/mol. The quantitative estimate of drug-likeness (QED) is 0.570. The number of halogens is 1. The van der Waals surface area contributed by atoms with Gasteiger partial charge in [0.25, 0.3) is 0 Å². The first kappa shape index (κ1) is 22.5. The van der Waals surface area contributed by atoms with Gasteiger partial charge in [0.1, 0.15) is 5.58 Å². The van der Waals surface area contributed by atoms with E-state index in [1.54, 1.807) is 6.07 Å². The number of nitrogens with one attached hydrogen (secondary N) is 1. The molecule has 2 heterocycles. The van der Waals surface area contributed by atoms with E-state index in [0.717, 1.165) is 54.8 Å². The summed E-state index contributed by atoms with van der Waals surface area (Å²) in [7, 11) is 0. The minimum Gasteiger partial charge on any atom is -0.423 e. The summed E-state index contributed by atoms with van der Waals surface area (Å²) >= 11 is 6.14. The van der Waals surface area contributed by atoms with Crippen LogP contribution in [0, 0.1) is 6.92 Å². The van der Waals surface area contributed by atoms with E-state index in [4.69, 9.17) is 16.0 Å². The number of anilines is 1. The van der Waals surface area contributed by atoms with Crippen molar-refractivity contribution in [3.05, 3.63) is 74.6 Å². The van der Waals surface area contributed by atoms with Gasteiger partial charge in [0.05, 0.1) is 6.54 Å². The molecule has 1 amide bonds. The normalized spacial score (nSPS) is 15.2. The molecule has 1 aromatic heterocycles. The number of benzene rings is 2. The third-order valence-corrected chi connectivity index (χ3v) is 6.48. The van der Waals surface area contributed by atoms with Crippen LogP contribution in [-0.2, 0) is 17.8 Å². The van der Waals surface area contributed by atoms with Gasteiger partial charge in [0.2, 0.25) is 5.91 Å². The molecule has 4 rings (SSSR count). The van der Waals surface area contributed by atoms with E-state index in [-0.39, 0.29) is 11.5 Å². The van der Waals surface area contributed by atoms with Crippen molar-refractivity contribution < 1.29 is 9.21 Å². The number of rotatable bonds is 6. The zero-order valence-corrected chi connectivity index (χ0v) is 19.2. The molecule has 0 aliphatic carbocycles. The summed E-state index contributed by atoms with van der Waals surface area (Å²) in [6.45, 7) is 8.30. The third-order valence-electron chi connectivity index (χ3n) is 6.07. The molecule has 0 bridgehead atoms. The maximum absolute atomic E-state index is 12.5. The van der Waals surface area contributed by atoms with Gasteiger partial charge in [0.15, 0.2) is 0 Å². The lowest BCUT2D eigenvalue weighted by molar-refractivity contribution is -0.117. The van der Waals surface area contributed by atoms with Crippen molar-refractivity contribution in [1.29, 1.82) is 0 Å². The van der Waals surface area contributed by atoms with E-state index in [1.807, 2.05) is 37.3 Å². The number of fused-ring (bicyclic) bond motifs is 1. The maximum Gasteiger partial charge on any atom is 0.336 e. The zero-order valence-electron chi connectivity index (χ0n) is 18.5. The summed E-state index contributed by atoms with van der Waals surface area (Å²) in [5.74, 6) is -0.0393. The lowest BCUT2D eigenvalue weighted by atomic mass is 10.0. The number of aryl methyl sites for hydroxylation is 1. The van der Waals surface area contributed by atoms with Crippen molar-refractivity contribution in [2.75, 3.05) is 38.0 Å². The predicted octanol–water partition coefficient (Wildman–Crippen LogP) is 4.07. The van der Waals surface area contributed by atoms with Crippen LogP contribution in [0.25, 0.3) is 11.0 Å². The Labute approximate surface area is 192 Å². The van der Waals surface area contributed by atoms with E-state index >= 15 is 0 Å². The number of carbonyl (C=O) groups is 1. The minimum absolute atomic E-state index is 0.0393. The molecule has 1 fully saturated rings. The number of nitrogens with zero attached hydrogens (tertiary/aromatic N) is 2. The van der Waals surface area contributed by atoms with Gasteiger partial charge >= 0.3 is 5.63 Å². The monoisotopic (exact) mass is 453 g/mol. The summed E-state index contributed by atoms with van der Waals surface area (Å²) in [5.41, 5.74) is 4.16. The molecular weight excluding hydrogens is 426 g/mol. The van der Waals surface area contributed by atoms with E-state index in [9.17, 15) is 9.59 Å². The van der Waals surface area contributed by atoms with Gasteiger partial charge in [0, 0.05) is 54.9 Å². The van der Waals surface area contributed by atoms with E-state index in [1.165, 1.54) is 5.56 Å². The highest BCUT2D eigenvalue weighted by Crippen LogP contribution is 2.23. The number of hydrogen-bond acceptors (Lipinski definition) is 5. The standard InChI is InChI=1S/C25H28ClN3O3/c1-3-18-7-8-23-20(13-18)19(14-25(31)32-23)15-28-9-11-29(12-10-28)16-24(30)27-22-6-4-5-21(26)17(22)2/h4-8,13-14H,3,9-12,15-16H2,1-2H3,(H,27,30). The molecule has 2 aromatic carbocycles. The number of piperazine rings is 1. The molecule has 32 heavy (non-hydrogen) atoms. The van der Waals surface area contributed by atoms with Gasteiger partial charge in [-0.25, -0.2) is 4.79 Å². The maximum atomic E-state index is 12.5. The van der Waals surface area contributed by atoms with Crippen LogP contribution in [0.2, 0.25) is 5.02 Å². The highest BCUT2D eigenvalue weighted by molar-refractivity contribution is 6.31. The Kier molecular flexibility index (Phi) is 6.94. The van der Waals surface area contributed by atoms with Gasteiger partial charge in [-0.2, -0.15) is 0 Å². The molecule has 6 nitrogen and oxygen atoms in total. The van der Waals surface area contributed by atoms with Crippen LogP contribution in [0.4, 0.5) is 5.69 Å². The fourth-order valence-electron chi connectivity index (χ4n) is 4.11. The van der Waals surface area contributed by atoms with Gasteiger partial charge in [-0.15, -0.1) is 0 Å². The molecule has 1 N–H and O–H groups in total. The van der Waals surface area contributed by atoms with Crippen LogP contribution < -0.4 is 10.9 Å². The SMILES string of the molecule is CCc1ccc2oc(=O)cc(CN3CCN(CC(=O)Nc4cccc(Cl)c4C)CC3)c2c1. The average Bonchev–Trinajstić information content (AvgIpc) is 2.78. The Hall–Kier alpha value is -2.67. The van der Waals surface area contributed by atoms with E-state index in [0.29, 0.717) is 23.7 Å². The van der Waals surface area contributed by atoms with Crippen molar-refractivity contribution in [2.45, 2.75) is 26.8 Å². The van der Waals surface area contributed by atoms with Crippen LogP contribution in [0.1, 0.15) is 23.6 Å². The summed E-state index contributed by atoms with van der Waals surface area (Å²) in [5, 5.41) is 4.61. The lowest BCUT2D eigenvalue weighted by Crippen LogP contribution is -2.48. The number of carbonyl (C=O) groups excluding carboxylic acids is 1. The molecule has 0 radical (unpaired) electrons. The molecule has 7 heteroatoms. The first-order chi connectivity index (χ1) is 15.4. The molecule has 1 aliphatic heterocycles. The smallest absolute Gasteiger partial charge is 0.336 e. The number of amides is 1. The molecular formula is C25H28ClN3O3. The van der Waals surface area contributed by atoms with Crippen LogP contribution in [0.15, 0.2) is 51.7 Å². The van der Waals surface area contributed by atoms with E-state index in [2.05, 4.69) is 28.1 Å². The summed E-state index contributed by atoms with van der Waals surface area (Å²) < 4.78 is 5.38. The largest absolute Gasteiger partial charge is 0.423 e. The van der Waals surface area contributed by atoms with Crippen LogP contribution in [0.3, 0.4) is 0 Å². The fourth-order valence-corrected chi connectivity index (χ4v) is 4.28. The second-order valence-corrected chi connectivity index (χ2v) is 8.69. The van der Waals surface area contributed by atoms with Crippen molar-refractivity contribution in [1.82, 2.24) is 9.80 Å². The van der Waals surface area contributed by atoms with Gasteiger partial charge in [-0.3, -0.25) is 14.6 Å². The fraction of sp³-hybridized carbons (Fsp3) is 0.360. The van der Waals surface area contributed by atoms with E-state index < -0.39 is 0 Å². The van der Waals surface area contributed by atoms with Gasteiger partial charge < -0.3 is 9.73 Å². The molecule has 0 saturated carbocycles. The van der Waals surface area contributed by atoms with Crippen molar-refractivity contribution >= 4 is 34.2 Å². The summed E-state index contributed by atoms with van der Waals surface area (Å²) in [6, 6.07) is 13.1.